The highest BCUT2D eigenvalue weighted by Gasteiger charge is 2.32. The lowest BCUT2D eigenvalue weighted by atomic mass is 9.96. The number of aromatic amines is 1. The van der Waals surface area contributed by atoms with Crippen molar-refractivity contribution in [1.29, 1.82) is 0 Å². The second-order valence-corrected chi connectivity index (χ2v) is 5.62. The van der Waals surface area contributed by atoms with E-state index in [2.05, 4.69) is 10.3 Å². The molecule has 5 heteroatoms. The number of fused-ring (bicyclic) bond motifs is 1. The van der Waals surface area contributed by atoms with Gasteiger partial charge in [-0.05, 0) is 30.9 Å². The third kappa shape index (κ3) is 2.77. The summed E-state index contributed by atoms with van der Waals surface area (Å²) in [6, 6.07) is 9.52. The first kappa shape index (κ1) is 13.7. The standard InChI is InChI=1S/C16H18N2O3/c19-15(14-8-10-4-1-2-7-13(10)18-14)17-9-11-5-3-6-12(11)16(20)21/h1-2,4,7-8,11-12,18H,3,5-6,9H2,(H,17,19)(H,20,21). The Morgan fingerprint density at radius 1 is 1.29 bits per heavy atom. The molecule has 3 rings (SSSR count). The molecule has 1 heterocycles. The highest BCUT2D eigenvalue weighted by atomic mass is 16.4. The van der Waals surface area contributed by atoms with E-state index in [4.69, 9.17) is 5.11 Å². The quantitative estimate of drug-likeness (QED) is 0.807. The first-order chi connectivity index (χ1) is 10.1. The zero-order valence-electron chi connectivity index (χ0n) is 11.6. The number of aromatic nitrogens is 1. The van der Waals surface area contributed by atoms with Gasteiger partial charge in [0.1, 0.15) is 5.69 Å². The van der Waals surface area contributed by atoms with Crippen molar-refractivity contribution in [2.45, 2.75) is 19.3 Å². The molecule has 1 fully saturated rings. The number of carbonyl (C=O) groups is 2. The number of carbonyl (C=O) groups excluding carboxylic acids is 1. The summed E-state index contributed by atoms with van der Waals surface area (Å²) in [6.07, 6.45) is 2.50. The summed E-state index contributed by atoms with van der Waals surface area (Å²) >= 11 is 0. The zero-order valence-corrected chi connectivity index (χ0v) is 11.6. The monoisotopic (exact) mass is 286 g/mol. The number of rotatable bonds is 4. The van der Waals surface area contributed by atoms with E-state index in [9.17, 15) is 9.59 Å². The number of benzene rings is 1. The topological polar surface area (TPSA) is 82.2 Å². The van der Waals surface area contributed by atoms with Gasteiger partial charge in [0.25, 0.3) is 5.91 Å². The minimum Gasteiger partial charge on any atom is -0.481 e. The van der Waals surface area contributed by atoms with Crippen LogP contribution in [0.2, 0.25) is 0 Å². The predicted molar refractivity (Wildman–Crippen MR) is 79.1 cm³/mol. The van der Waals surface area contributed by atoms with E-state index in [1.54, 1.807) is 0 Å². The van der Waals surface area contributed by atoms with Gasteiger partial charge in [0.2, 0.25) is 0 Å². The Morgan fingerprint density at radius 2 is 2.10 bits per heavy atom. The lowest BCUT2D eigenvalue weighted by Crippen LogP contribution is -2.33. The Kier molecular flexibility index (Phi) is 3.64. The second kappa shape index (κ2) is 5.60. The van der Waals surface area contributed by atoms with E-state index in [1.165, 1.54) is 0 Å². The molecule has 1 amide bonds. The Labute approximate surface area is 122 Å². The normalized spacial score (nSPS) is 21.5. The fourth-order valence-corrected chi connectivity index (χ4v) is 3.12. The molecule has 2 atom stereocenters. The number of carboxylic acid groups (broad SMARTS) is 1. The van der Waals surface area contributed by atoms with Crippen LogP contribution in [0.15, 0.2) is 30.3 Å². The first-order valence-electron chi connectivity index (χ1n) is 7.24. The molecule has 0 radical (unpaired) electrons. The molecule has 0 bridgehead atoms. The molecule has 110 valence electrons. The van der Waals surface area contributed by atoms with Crippen molar-refractivity contribution >= 4 is 22.8 Å². The van der Waals surface area contributed by atoms with Gasteiger partial charge in [-0.2, -0.15) is 0 Å². The van der Waals surface area contributed by atoms with Gasteiger partial charge in [0.05, 0.1) is 5.92 Å². The van der Waals surface area contributed by atoms with Crippen LogP contribution in [0.5, 0.6) is 0 Å². The summed E-state index contributed by atoms with van der Waals surface area (Å²) in [5.41, 5.74) is 1.44. The van der Waals surface area contributed by atoms with Crippen LogP contribution in [-0.4, -0.2) is 28.5 Å². The minimum absolute atomic E-state index is 0.0378. The van der Waals surface area contributed by atoms with Crippen molar-refractivity contribution in [2.75, 3.05) is 6.54 Å². The maximum atomic E-state index is 12.2. The van der Waals surface area contributed by atoms with Crippen LogP contribution in [0.4, 0.5) is 0 Å². The van der Waals surface area contributed by atoms with Gasteiger partial charge in [-0.3, -0.25) is 9.59 Å². The largest absolute Gasteiger partial charge is 0.481 e. The van der Waals surface area contributed by atoms with E-state index in [0.717, 1.165) is 23.7 Å². The van der Waals surface area contributed by atoms with Crippen molar-refractivity contribution in [3.8, 4) is 0 Å². The van der Waals surface area contributed by atoms with Gasteiger partial charge in [-0.15, -0.1) is 0 Å². The van der Waals surface area contributed by atoms with E-state index < -0.39 is 5.97 Å². The Bertz CT molecular complexity index is 644. The molecule has 5 nitrogen and oxygen atoms in total. The fourth-order valence-electron chi connectivity index (χ4n) is 3.12. The molecule has 21 heavy (non-hydrogen) atoms. The van der Waals surface area contributed by atoms with Crippen molar-refractivity contribution < 1.29 is 14.7 Å². The third-order valence-electron chi connectivity index (χ3n) is 4.28. The molecule has 0 saturated heterocycles. The van der Waals surface area contributed by atoms with Crippen LogP contribution < -0.4 is 5.32 Å². The molecule has 3 N–H and O–H groups in total. The Balaban J connectivity index is 1.65. The van der Waals surface area contributed by atoms with Gasteiger partial charge in [0, 0.05) is 17.4 Å². The first-order valence-corrected chi connectivity index (χ1v) is 7.24. The summed E-state index contributed by atoms with van der Waals surface area (Å²) in [6.45, 7) is 0.422. The molecule has 1 aromatic heterocycles. The number of amides is 1. The third-order valence-corrected chi connectivity index (χ3v) is 4.28. The lowest BCUT2D eigenvalue weighted by molar-refractivity contribution is -0.142. The molecule has 1 saturated carbocycles. The molecule has 1 aromatic carbocycles. The van der Waals surface area contributed by atoms with Crippen LogP contribution in [0.1, 0.15) is 29.8 Å². The average Bonchev–Trinajstić information content (AvgIpc) is 3.10. The van der Waals surface area contributed by atoms with E-state index in [-0.39, 0.29) is 17.7 Å². The summed E-state index contributed by atoms with van der Waals surface area (Å²) in [5, 5.41) is 13.0. The van der Waals surface area contributed by atoms with Crippen molar-refractivity contribution in [2.24, 2.45) is 11.8 Å². The molecule has 2 unspecified atom stereocenters. The number of H-pyrrole nitrogens is 1. The summed E-state index contributed by atoms with van der Waals surface area (Å²) in [5.74, 6) is -1.22. The van der Waals surface area contributed by atoms with E-state index in [0.29, 0.717) is 18.7 Å². The SMILES string of the molecule is O=C(NCC1CCCC1C(=O)O)c1cc2ccccc2[nH]1. The van der Waals surface area contributed by atoms with Crippen LogP contribution in [0.25, 0.3) is 10.9 Å². The van der Waals surface area contributed by atoms with Gasteiger partial charge in [-0.1, -0.05) is 24.6 Å². The molecular formula is C16H18N2O3. The number of hydrogen-bond donors (Lipinski definition) is 3. The number of carboxylic acids is 1. The second-order valence-electron chi connectivity index (χ2n) is 5.62. The van der Waals surface area contributed by atoms with Crippen molar-refractivity contribution in [1.82, 2.24) is 10.3 Å². The van der Waals surface area contributed by atoms with Gasteiger partial charge in [0.15, 0.2) is 0 Å². The molecule has 0 spiro atoms. The minimum atomic E-state index is -0.752. The van der Waals surface area contributed by atoms with E-state index in [1.807, 2.05) is 30.3 Å². The predicted octanol–water partition coefficient (Wildman–Crippen LogP) is 2.40. The number of nitrogens with one attached hydrogen (secondary N) is 2. The van der Waals surface area contributed by atoms with Crippen LogP contribution in [0.3, 0.4) is 0 Å². The van der Waals surface area contributed by atoms with Crippen molar-refractivity contribution in [3.05, 3.63) is 36.0 Å². The van der Waals surface area contributed by atoms with Crippen LogP contribution in [-0.2, 0) is 4.79 Å². The number of hydrogen-bond acceptors (Lipinski definition) is 2. The molecule has 1 aliphatic carbocycles. The fraction of sp³-hybridized carbons (Fsp3) is 0.375. The van der Waals surface area contributed by atoms with Gasteiger partial charge < -0.3 is 15.4 Å². The summed E-state index contributed by atoms with van der Waals surface area (Å²) in [4.78, 5) is 26.4. The highest BCUT2D eigenvalue weighted by molar-refractivity contribution is 5.98. The van der Waals surface area contributed by atoms with Gasteiger partial charge in [-0.25, -0.2) is 0 Å². The summed E-state index contributed by atoms with van der Waals surface area (Å²) in [7, 11) is 0. The number of aliphatic carboxylic acids is 1. The maximum absolute atomic E-state index is 12.2. The Morgan fingerprint density at radius 3 is 2.86 bits per heavy atom. The zero-order chi connectivity index (χ0) is 14.8. The molecule has 0 aliphatic heterocycles. The smallest absolute Gasteiger partial charge is 0.306 e. The molecule has 2 aromatic rings. The molecule has 1 aliphatic rings. The number of para-hydroxylation sites is 1. The Hall–Kier alpha value is -2.30. The average molecular weight is 286 g/mol. The molecular weight excluding hydrogens is 268 g/mol. The van der Waals surface area contributed by atoms with Crippen molar-refractivity contribution in [3.63, 3.8) is 0 Å². The lowest BCUT2D eigenvalue weighted by Gasteiger charge is -2.15. The van der Waals surface area contributed by atoms with E-state index >= 15 is 0 Å². The highest BCUT2D eigenvalue weighted by Crippen LogP contribution is 2.31. The maximum Gasteiger partial charge on any atom is 0.306 e. The summed E-state index contributed by atoms with van der Waals surface area (Å²) < 4.78 is 0. The van der Waals surface area contributed by atoms with Crippen LogP contribution in [0, 0.1) is 11.8 Å². The van der Waals surface area contributed by atoms with Gasteiger partial charge >= 0.3 is 5.97 Å². The van der Waals surface area contributed by atoms with Crippen LogP contribution >= 0.6 is 0 Å².